The highest BCUT2D eigenvalue weighted by Gasteiger charge is 2.18. The molecule has 0 amide bonds. The van der Waals surface area contributed by atoms with Gasteiger partial charge in [-0.25, -0.2) is 4.98 Å². The van der Waals surface area contributed by atoms with Gasteiger partial charge >= 0.3 is 0 Å². The molecule has 0 saturated carbocycles. The predicted molar refractivity (Wildman–Crippen MR) is 244 cm³/mol. The molecule has 10 aromatic carbocycles. The summed E-state index contributed by atoms with van der Waals surface area (Å²) >= 11 is 1.89. The summed E-state index contributed by atoms with van der Waals surface area (Å²) in [6.45, 7) is 0. The van der Waals surface area contributed by atoms with Crippen molar-refractivity contribution in [2.24, 2.45) is 0 Å². The van der Waals surface area contributed by atoms with Gasteiger partial charge in [-0.05, 0) is 72.3 Å². The summed E-state index contributed by atoms with van der Waals surface area (Å²) in [5.74, 6) is 0. The zero-order valence-corrected chi connectivity index (χ0v) is 31.6. The van der Waals surface area contributed by atoms with Gasteiger partial charge in [-0.3, -0.25) is 4.98 Å². The summed E-state index contributed by atoms with van der Waals surface area (Å²) < 4.78 is 2.66. The summed E-state index contributed by atoms with van der Waals surface area (Å²) in [4.78, 5) is 10.3. The number of thiophene rings is 1. The fraction of sp³-hybridized carbons (Fsp3) is 0. The molecule has 2 heterocycles. The van der Waals surface area contributed by atoms with Gasteiger partial charge < -0.3 is 0 Å². The summed E-state index contributed by atoms with van der Waals surface area (Å²) in [7, 11) is 0. The van der Waals surface area contributed by atoms with Crippen molar-refractivity contribution in [1.29, 1.82) is 0 Å². The zero-order chi connectivity index (χ0) is 37.5. The zero-order valence-electron chi connectivity index (χ0n) is 30.8. The predicted octanol–water partition coefficient (Wildman–Crippen LogP) is 15.3. The molecule has 3 heteroatoms. The van der Waals surface area contributed by atoms with Crippen LogP contribution in [0.1, 0.15) is 0 Å². The highest BCUT2D eigenvalue weighted by Crippen LogP contribution is 2.45. The number of nitrogens with zero attached hydrogens (tertiary/aromatic N) is 2. The van der Waals surface area contributed by atoms with Crippen LogP contribution in [0, 0.1) is 0 Å². The second-order valence-electron chi connectivity index (χ2n) is 14.8. The molecule has 0 N–H and O–H groups in total. The summed E-state index contributed by atoms with van der Waals surface area (Å²) in [5.41, 5.74) is 11.1. The Morgan fingerprint density at radius 3 is 1.46 bits per heavy atom. The van der Waals surface area contributed by atoms with Gasteiger partial charge in [0.15, 0.2) is 0 Å². The average molecular weight is 741 g/mol. The van der Waals surface area contributed by atoms with E-state index in [4.69, 9.17) is 9.97 Å². The first-order valence-electron chi connectivity index (χ1n) is 19.4. The van der Waals surface area contributed by atoms with Crippen LogP contribution in [0.15, 0.2) is 194 Å². The highest BCUT2D eigenvalue weighted by atomic mass is 32.1. The van der Waals surface area contributed by atoms with Crippen molar-refractivity contribution in [2.45, 2.75) is 0 Å². The maximum absolute atomic E-state index is 5.30. The van der Waals surface area contributed by atoms with Crippen LogP contribution in [0.25, 0.3) is 119 Å². The minimum absolute atomic E-state index is 0.864. The van der Waals surface area contributed by atoms with Crippen molar-refractivity contribution in [1.82, 2.24) is 9.97 Å². The molecule has 0 spiro atoms. The third kappa shape index (κ3) is 4.96. The van der Waals surface area contributed by atoms with Crippen LogP contribution in [0.4, 0.5) is 0 Å². The Morgan fingerprint density at radius 1 is 0.316 bits per heavy atom. The topological polar surface area (TPSA) is 25.8 Å². The van der Waals surface area contributed by atoms with Crippen LogP contribution < -0.4 is 0 Å². The van der Waals surface area contributed by atoms with Crippen molar-refractivity contribution in [3.8, 4) is 44.6 Å². The van der Waals surface area contributed by atoms with Crippen LogP contribution in [-0.4, -0.2) is 9.97 Å². The van der Waals surface area contributed by atoms with Gasteiger partial charge in [-0.1, -0.05) is 176 Å². The molecule has 2 nitrogen and oxygen atoms in total. The molecule has 0 atom stereocenters. The Balaban J connectivity index is 0.989. The van der Waals surface area contributed by atoms with E-state index in [2.05, 4.69) is 188 Å². The van der Waals surface area contributed by atoms with Gasteiger partial charge in [0.1, 0.15) is 0 Å². The van der Waals surface area contributed by atoms with E-state index in [1.54, 1.807) is 0 Å². The fourth-order valence-corrected chi connectivity index (χ4v) is 10.4. The summed E-state index contributed by atoms with van der Waals surface area (Å²) in [6.07, 6.45) is 1.93. The normalized spacial score (nSPS) is 11.9. The van der Waals surface area contributed by atoms with Crippen LogP contribution in [0.5, 0.6) is 0 Å². The number of hydrogen-bond acceptors (Lipinski definition) is 3. The SMILES string of the molecule is c1cc(-c2cnc3c4ccccc4c4ccccc4c3n2)cc(-c2ccc(-c3ccc(-c4cccc5c4sc4ccccc45)c4ccccc34)c3ccccc23)c1. The smallest absolute Gasteiger partial charge is 0.0979 e. The third-order valence-corrected chi connectivity index (χ3v) is 12.9. The molecule has 0 unspecified atom stereocenters. The lowest BCUT2D eigenvalue weighted by molar-refractivity contribution is 1.31. The van der Waals surface area contributed by atoms with Gasteiger partial charge in [0.2, 0.25) is 0 Å². The van der Waals surface area contributed by atoms with Crippen LogP contribution in [-0.2, 0) is 0 Å². The lowest BCUT2D eigenvalue weighted by Gasteiger charge is -2.16. The van der Waals surface area contributed by atoms with Crippen LogP contribution in [0.2, 0.25) is 0 Å². The monoisotopic (exact) mass is 740 g/mol. The minimum Gasteiger partial charge on any atom is -0.252 e. The Hall–Kier alpha value is -7.20. The van der Waals surface area contributed by atoms with E-state index in [1.807, 2.05) is 17.5 Å². The first kappa shape index (κ1) is 32.1. The first-order chi connectivity index (χ1) is 28.3. The van der Waals surface area contributed by atoms with Crippen molar-refractivity contribution >= 4 is 85.6 Å². The van der Waals surface area contributed by atoms with E-state index < -0.39 is 0 Å². The average Bonchev–Trinajstić information content (AvgIpc) is 3.68. The Labute approximate surface area is 333 Å². The van der Waals surface area contributed by atoms with E-state index in [9.17, 15) is 0 Å². The van der Waals surface area contributed by atoms with E-state index in [0.717, 1.165) is 38.6 Å². The van der Waals surface area contributed by atoms with E-state index in [1.165, 1.54) is 80.3 Å². The summed E-state index contributed by atoms with van der Waals surface area (Å²) in [5, 5.41) is 12.3. The lowest BCUT2D eigenvalue weighted by Crippen LogP contribution is -1.93. The van der Waals surface area contributed by atoms with Crippen LogP contribution in [0.3, 0.4) is 0 Å². The Morgan fingerprint density at radius 2 is 0.789 bits per heavy atom. The Bertz CT molecular complexity index is 3560. The lowest BCUT2D eigenvalue weighted by atomic mass is 9.87. The number of aromatic nitrogens is 2. The van der Waals surface area contributed by atoms with Gasteiger partial charge in [0.25, 0.3) is 0 Å². The van der Waals surface area contributed by atoms with Crippen molar-refractivity contribution in [3.63, 3.8) is 0 Å². The molecule has 0 aliphatic carbocycles. The molecule has 0 radical (unpaired) electrons. The molecule has 0 aliphatic heterocycles. The quantitative estimate of drug-likeness (QED) is 0.168. The third-order valence-electron chi connectivity index (χ3n) is 11.7. The molecule has 57 heavy (non-hydrogen) atoms. The molecular formula is C54H32N2S. The molecule has 12 rings (SSSR count). The molecular weight excluding hydrogens is 709 g/mol. The van der Waals surface area contributed by atoms with Gasteiger partial charge in [-0.2, -0.15) is 0 Å². The van der Waals surface area contributed by atoms with Gasteiger partial charge in [0.05, 0.1) is 22.9 Å². The van der Waals surface area contributed by atoms with Gasteiger partial charge in [-0.15, -0.1) is 11.3 Å². The van der Waals surface area contributed by atoms with E-state index >= 15 is 0 Å². The number of fused-ring (bicyclic) bond motifs is 11. The van der Waals surface area contributed by atoms with Crippen molar-refractivity contribution < 1.29 is 0 Å². The van der Waals surface area contributed by atoms with Gasteiger partial charge in [0, 0.05) is 42.1 Å². The molecule has 0 saturated heterocycles. The van der Waals surface area contributed by atoms with E-state index in [-0.39, 0.29) is 0 Å². The maximum Gasteiger partial charge on any atom is 0.0979 e. The maximum atomic E-state index is 5.30. The second-order valence-corrected chi connectivity index (χ2v) is 15.9. The first-order valence-corrected chi connectivity index (χ1v) is 20.2. The fourth-order valence-electron chi connectivity index (χ4n) is 9.12. The van der Waals surface area contributed by atoms with E-state index in [0.29, 0.717) is 0 Å². The Kier molecular flexibility index (Phi) is 7.13. The largest absolute Gasteiger partial charge is 0.252 e. The minimum atomic E-state index is 0.864. The number of hydrogen-bond donors (Lipinski definition) is 0. The van der Waals surface area contributed by atoms with Crippen molar-refractivity contribution in [2.75, 3.05) is 0 Å². The van der Waals surface area contributed by atoms with Crippen LogP contribution >= 0.6 is 11.3 Å². The molecule has 0 aliphatic rings. The molecule has 2 aromatic heterocycles. The summed E-state index contributed by atoms with van der Waals surface area (Å²) in [6, 6.07) is 68.3. The molecule has 0 fully saturated rings. The standard InChI is InChI=1S/C54H32N2S/c1-2-16-37-36(15-1)35(33-13-11-14-34(31-33)50-32-55-52-46-22-7-5-19-40(46)41-20-6-8-23-47(41)53(52)56-50)27-28-42(37)43-29-30-44(39-18-4-3-17-38(39)43)48-24-12-25-49-45-21-9-10-26-51(45)57-54(48)49/h1-32H. The molecule has 12 aromatic rings. The molecule has 264 valence electrons. The molecule has 0 bridgehead atoms. The second kappa shape index (κ2) is 12.7. The van der Waals surface area contributed by atoms with Crippen molar-refractivity contribution in [3.05, 3.63) is 194 Å². The number of benzene rings is 10. The highest BCUT2D eigenvalue weighted by molar-refractivity contribution is 7.26. The number of rotatable bonds is 4.